The summed E-state index contributed by atoms with van der Waals surface area (Å²) in [6.07, 6.45) is 0.578. The minimum absolute atomic E-state index is 0.578. The normalized spacial score (nSPS) is 16.4. The number of nitrogens with one attached hydrogen (secondary N) is 1. The first-order valence-electron chi connectivity index (χ1n) is 6.79. The van der Waals surface area contributed by atoms with Crippen LogP contribution in [0.15, 0.2) is 28.8 Å². The van der Waals surface area contributed by atoms with Crippen molar-refractivity contribution in [1.29, 1.82) is 0 Å². The molecule has 1 saturated heterocycles. The number of nitrogens with zero attached hydrogens (tertiary/aromatic N) is 3. The molecule has 3 rings (SSSR count). The molecule has 0 atom stereocenters. The second kappa shape index (κ2) is 6.35. The second-order valence-corrected chi connectivity index (χ2v) is 5.31. The minimum Gasteiger partial charge on any atom is -0.339 e. The van der Waals surface area contributed by atoms with Gasteiger partial charge in [0, 0.05) is 31.2 Å². The molecule has 1 aromatic heterocycles. The lowest BCUT2D eigenvalue weighted by molar-refractivity contribution is 0.224. The van der Waals surface area contributed by atoms with Crippen LogP contribution in [0.1, 0.15) is 17.3 Å². The van der Waals surface area contributed by atoms with Crippen LogP contribution in [0, 0.1) is 0 Å². The van der Waals surface area contributed by atoms with Gasteiger partial charge in [-0.2, -0.15) is 4.98 Å². The van der Waals surface area contributed by atoms with Gasteiger partial charge in [-0.05, 0) is 11.6 Å². The van der Waals surface area contributed by atoms with E-state index in [1.165, 1.54) is 0 Å². The third-order valence-corrected chi connectivity index (χ3v) is 3.75. The Balaban J connectivity index is 1.63. The first-order valence-corrected chi connectivity index (χ1v) is 7.17. The van der Waals surface area contributed by atoms with Crippen molar-refractivity contribution >= 4 is 11.6 Å². The lowest BCUT2D eigenvalue weighted by Crippen LogP contribution is -2.43. The van der Waals surface area contributed by atoms with E-state index in [2.05, 4.69) is 20.4 Å². The number of aromatic nitrogens is 2. The van der Waals surface area contributed by atoms with Crippen LogP contribution in [0.4, 0.5) is 0 Å². The minimum atomic E-state index is 0.578. The fraction of sp³-hybridized carbons (Fsp3) is 0.429. The number of hydrogen-bond donors (Lipinski definition) is 1. The van der Waals surface area contributed by atoms with E-state index < -0.39 is 0 Å². The zero-order chi connectivity index (χ0) is 13.8. The van der Waals surface area contributed by atoms with Crippen LogP contribution in [0.2, 0.25) is 5.02 Å². The molecule has 0 saturated carbocycles. The monoisotopic (exact) mass is 292 g/mol. The smallest absolute Gasteiger partial charge is 0.231 e. The van der Waals surface area contributed by atoms with E-state index in [0.717, 1.165) is 49.1 Å². The summed E-state index contributed by atoms with van der Waals surface area (Å²) in [6.45, 7) is 4.82. The number of halogens is 1. The number of rotatable bonds is 4. The van der Waals surface area contributed by atoms with Crippen LogP contribution < -0.4 is 5.32 Å². The van der Waals surface area contributed by atoms with Crippen molar-refractivity contribution in [3.8, 4) is 0 Å². The lowest BCUT2D eigenvalue weighted by Gasteiger charge is -2.25. The van der Waals surface area contributed by atoms with Crippen molar-refractivity contribution in [3.63, 3.8) is 0 Å². The Morgan fingerprint density at radius 2 is 2.05 bits per heavy atom. The van der Waals surface area contributed by atoms with E-state index in [9.17, 15) is 0 Å². The van der Waals surface area contributed by atoms with Gasteiger partial charge in [-0.3, -0.25) is 4.90 Å². The molecule has 1 fully saturated rings. The van der Waals surface area contributed by atoms with E-state index in [-0.39, 0.29) is 0 Å². The van der Waals surface area contributed by atoms with Crippen molar-refractivity contribution in [2.24, 2.45) is 0 Å². The molecule has 0 bridgehead atoms. The Morgan fingerprint density at radius 3 is 2.85 bits per heavy atom. The molecule has 1 N–H and O–H groups in total. The van der Waals surface area contributed by atoms with Crippen molar-refractivity contribution in [1.82, 2.24) is 20.4 Å². The molecule has 1 aromatic carbocycles. The summed E-state index contributed by atoms with van der Waals surface area (Å²) in [5.74, 6) is 1.36. The number of hydrogen-bond acceptors (Lipinski definition) is 5. The van der Waals surface area contributed by atoms with Crippen LogP contribution in [0.5, 0.6) is 0 Å². The second-order valence-electron chi connectivity index (χ2n) is 4.90. The van der Waals surface area contributed by atoms with Crippen LogP contribution in [0.3, 0.4) is 0 Å². The van der Waals surface area contributed by atoms with Crippen LogP contribution in [-0.4, -0.2) is 41.2 Å². The molecule has 106 valence electrons. The van der Waals surface area contributed by atoms with Gasteiger partial charge in [-0.15, -0.1) is 0 Å². The Labute approximate surface area is 122 Å². The maximum Gasteiger partial charge on any atom is 0.231 e. The van der Waals surface area contributed by atoms with Gasteiger partial charge in [-0.25, -0.2) is 0 Å². The largest absolute Gasteiger partial charge is 0.339 e. The summed E-state index contributed by atoms with van der Waals surface area (Å²) in [5.41, 5.74) is 1.01. The molecule has 0 aliphatic carbocycles. The van der Waals surface area contributed by atoms with Crippen molar-refractivity contribution in [2.45, 2.75) is 13.0 Å². The fourth-order valence-corrected chi connectivity index (χ4v) is 2.50. The van der Waals surface area contributed by atoms with Crippen molar-refractivity contribution < 1.29 is 4.52 Å². The Morgan fingerprint density at radius 1 is 1.25 bits per heavy atom. The molecular formula is C14H17ClN4O. The molecule has 2 aromatic rings. The molecule has 1 aliphatic rings. The topological polar surface area (TPSA) is 54.2 Å². The molecule has 5 nitrogen and oxygen atoms in total. The highest BCUT2D eigenvalue weighted by Crippen LogP contribution is 2.18. The Hall–Kier alpha value is -1.43. The van der Waals surface area contributed by atoms with Crippen molar-refractivity contribution in [2.75, 3.05) is 26.2 Å². The average molecular weight is 293 g/mol. The Kier molecular flexibility index (Phi) is 4.30. The van der Waals surface area contributed by atoms with E-state index in [1.807, 2.05) is 24.3 Å². The number of benzene rings is 1. The average Bonchev–Trinajstić information content (AvgIpc) is 2.90. The lowest BCUT2D eigenvalue weighted by atomic mass is 10.1. The summed E-state index contributed by atoms with van der Waals surface area (Å²) in [7, 11) is 0. The molecule has 20 heavy (non-hydrogen) atoms. The zero-order valence-electron chi connectivity index (χ0n) is 11.2. The first-order chi connectivity index (χ1) is 9.81. The van der Waals surface area contributed by atoms with E-state index in [4.69, 9.17) is 16.1 Å². The van der Waals surface area contributed by atoms with Gasteiger partial charge >= 0.3 is 0 Å². The third kappa shape index (κ3) is 3.36. The molecular weight excluding hydrogens is 276 g/mol. The number of piperazine rings is 1. The highest BCUT2D eigenvalue weighted by atomic mass is 35.5. The molecule has 0 spiro atoms. The summed E-state index contributed by atoms with van der Waals surface area (Å²) in [5, 5.41) is 8.10. The van der Waals surface area contributed by atoms with Crippen LogP contribution >= 0.6 is 11.6 Å². The first kappa shape index (κ1) is 13.5. The predicted octanol–water partition coefficient (Wildman–Crippen LogP) is 1.72. The summed E-state index contributed by atoms with van der Waals surface area (Å²) in [4.78, 5) is 6.76. The van der Waals surface area contributed by atoms with Gasteiger partial charge in [-0.1, -0.05) is 35.0 Å². The summed E-state index contributed by atoms with van der Waals surface area (Å²) < 4.78 is 5.30. The van der Waals surface area contributed by atoms with Gasteiger partial charge in [0.15, 0.2) is 5.82 Å². The zero-order valence-corrected chi connectivity index (χ0v) is 11.9. The summed E-state index contributed by atoms with van der Waals surface area (Å²) >= 11 is 6.13. The van der Waals surface area contributed by atoms with Crippen LogP contribution in [-0.2, 0) is 13.0 Å². The highest BCUT2D eigenvalue weighted by Gasteiger charge is 2.14. The third-order valence-electron chi connectivity index (χ3n) is 3.38. The quantitative estimate of drug-likeness (QED) is 0.930. The molecule has 6 heteroatoms. The van der Waals surface area contributed by atoms with E-state index in [0.29, 0.717) is 12.3 Å². The van der Waals surface area contributed by atoms with Gasteiger partial charge in [0.2, 0.25) is 5.89 Å². The fourth-order valence-electron chi connectivity index (χ4n) is 2.30. The van der Waals surface area contributed by atoms with Gasteiger partial charge < -0.3 is 9.84 Å². The SMILES string of the molecule is Clc1ccccc1Cc1nc(CN2CCNCC2)no1. The maximum absolute atomic E-state index is 6.13. The molecule has 1 aliphatic heterocycles. The van der Waals surface area contributed by atoms with Gasteiger partial charge in [0.1, 0.15) is 0 Å². The molecule has 0 unspecified atom stereocenters. The predicted molar refractivity (Wildman–Crippen MR) is 76.7 cm³/mol. The molecule has 2 heterocycles. The van der Waals surface area contributed by atoms with Crippen molar-refractivity contribution in [3.05, 3.63) is 46.6 Å². The molecule has 0 amide bonds. The standard InChI is InChI=1S/C14H17ClN4O/c15-12-4-2-1-3-11(12)9-14-17-13(18-20-14)10-19-7-5-16-6-8-19/h1-4,16H,5-10H2. The maximum atomic E-state index is 6.13. The van der Waals surface area contributed by atoms with Crippen LogP contribution in [0.25, 0.3) is 0 Å². The van der Waals surface area contributed by atoms with E-state index in [1.54, 1.807) is 0 Å². The Bertz CT molecular complexity index is 566. The highest BCUT2D eigenvalue weighted by molar-refractivity contribution is 6.31. The van der Waals surface area contributed by atoms with Gasteiger partial charge in [0.05, 0.1) is 13.0 Å². The summed E-state index contributed by atoms with van der Waals surface area (Å²) in [6, 6.07) is 7.71. The van der Waals surface area contributed by atoms with E-state index >= 15 is 0 Å². The van der Waals surface area contributed by atoms with Gasteiger partial charge in [0.25, 0.3) is 0 Å². The molecule has 0 radical (unpaired) electrons.